The Bertz CT molecular complexity index is 560. The molecule has 0 unspecified atom stereocenters. The van der Waals surface area contributed by atoms with Crippen LogP contribution in [0.25, 0.3) is 0 Å². The first-order valence-corrected chi connectivity index (χ1v) is 6.23. The van der Waals surface area contributed by atoms with Crippen molar-refractivity contribution in [1.29, 1.82) is 0 Å². The molecule has 0 fully saturated rings. The monoisotopic (exact) mass is 259 g/mol. The van der Waals surface area contributed by atoms with E-state index < -0.39 is 5.97 Å². The highest BCUT2D eigenvalue weighted by Gasteiger charge is 2.02. The van der Waals surface area contributed by atoms with Crippen LogP contribution in [0.1, 0.15) is 23.5 Å². The van der Waals surface area contributed by atoms with E-state index in [-0.39, 0.29) is 6.42 Å². The Hall–Kier alpha value is -2.23. The van der Waals surface area contributed by atoms with Crippen LogP contribution < -0.4 is 5.32 Å². The maximum Gasteiger partial charge on any atom is 0.303 e. The summed E-state index contributed by atoms with van der Waals surface area (Å²) in [4.78, 5) is 10.5. The van der Waals surface area contributed by atoms with Gasteiger partial charge in [0.1, 0.15) is 11.5 Å². The van der Waals surface area contributed by atoms with Crippen molar-refractivity contribution >= 4 is 11.7 Å². The number of carbonyl (C=O) groups is 1. The van der Waals surface area contributed by atoms with Gasteiger partial charge in [-0.3, -0.25) is 4.79 Å². The van der Waals surface area contributed by atoms with E-state index in [2.05, 4.69) is 5.32 Å². The summed E-state index contributed by atoms with van der Waals surface area (Å²) in [6, 6.07) is 11.7. The summed E-state index contributed by atoms with van der Waals surface area (Å²) in [7, 11) is 0. The zero-order valence-electron chi connectivity index (χ0n) is 10.8. The van der Waals surface area contributed by atoms with E-state index in [1.165, 1.54) is 0 Å². The molecule has 1 aromatic heterocycles. The van der Waals surface area contributed by atoms with Crippen LogP contribution in [0.4, 0.5) is 5.69 Å². The smallest absolute Gasteiger partial charge is 0.303 e. The first kappa shape index (κ1) is 13.2. The third-order valence-electron chi connectivity index (χ3n) is 2.82. The molecule has 0 spiro atoms. The number of rotatable bonds is 6. The van der Waals surface area contributed by atoms with Crippen LogP contribution in [0.3, 0.4) is 0 Å². The molecule has 2 N–H and O–H groups in total. The first-order valence-electron chi connectivity index (χ1n) is 6.23. The molecular formula is C15H17NO3. The Kier molecular flexibility index (Phi) is 4.23. The molecule has 1 aromatic carbocycles. The highest BCUT2D eigenvalue weighted by Crippen LogP contribution is 2.14. The van der Waals surface area contributed by atoms with E-state index >= 15 is 0 Å². The molecule has 0 aliphatic rings. The molecule has 0 amide bonds. The van der Waals surface area contributed by atoms with E-state index in [4.69, 9.17) is 9.52 Å². The van der Waals surface area contributed by atoms with Crippen LogP contribution in [-0.4, -0.2) is 11.1 Å². The summed E-state index contributed by atoms with van der Waals surface area (Å²) < 4.78 is 5.47. The number of hydrogen-bond acceptors (Lipinski definition) is 3. The third-order valence-corrected chi connectivity index (χ3v) is 2.82. The second-order valence-electron chi connectivity index (χ2n) is 4.46. The minimum absolute atomic E-state index is 0.154. The van der Waals surface area contributed by atoms with Gasteiger partial charge in [0.25, 0.3) is 0 Å². The van der Waals surface area contributed by atoms with E-state index in [0.29, 0.717) is 13.0 Å². The lowest BCUT2D eigenvalue weighted by Crippen LogP contribution is -2.00. The quantitative estimate of drug-likeness (QED) is 0.836. The molecule has 0 saturated heterocycles. The van der Waals surface area contributed by atoms with Gasteiger partial charge in [-0.2, -0.15) is 0 Å². The normalized spacial score (nSPS) is 10.4. The van der Waals surface area contributed by atoms with E-state index in [9.17, 15) is 4.79 Å². The van der Waals surface area contributed by atoms with Crippen LogP contribution >= 0.6 is 0 Å². The standard InChI is InChI=1S/C15H17NO3/c1-11-5-7-14(19-11)10-16-13-4-2-3-12(9-13)6-8-15(17)18/h2-5,7,9,16H,6,8,10H2,1H3,(H,17,18). The fourth-order valence-electron chi connectivity index (χ4n) is 1.86. The summed E-state index contributed by atoms with van der Waals surface area (Å²) in [5.41, 5.74) is 1.99. The van der Waals surface area contributed by atoms with Gasteiger partial charge in [0.05, 0.1) is 6.54 Å². The zero-order chi connectivity index (χ0) is 13.7. The molecule has 4 nitrogen and oxygen atoms in total. The molecule has 1 heterocycles. The van der Waals surface area contributed by atoms with Gasteiger partial charge in [0.2, 0.25) is 0 Å². The number of benzene rings is 1. The number of carboxylic acid groups (broad SMARTS) is 1. The van der Waals surface area contributed by atoms with Gasteiger partial charge in [0.15, 0.2) is 0 Å². The zero-order valence-corrected chi connectivity index (χ0v) is 10.8. The number of furan rings is 1. The average molecular weight is 259 g/mol. The summed E-state index contributed by atoms with van der Waals surface area (Å²) in [6.07, 6.45) is 0.700. The minimum Gasteiger partial charge on any atom is -0.481 e. The molecule has 0 aliphatic heterocycles. The van der Waals surface area contributed by atoms with Gasteiger partial charge >= 0.3 is 5.97 Å². The van der Waals surface area contributed by atoms with Crippen LogP contribution in [0.15, 0.2) is 40.8 Å². The van der Waals surface area contributed by atoms with Crippen molar-refractivity contribution in [1.82, 2.24) is 0 Å². The van der Waals surface area contributed by atoms with Crippen molar-refractivity contribution in [2.75, 3.05) is 5.32 Å². The van der Waals surface area contributed by atoms with E-state index in [1.807, 2.05) is 43.3 Å². The van der Waals surface area contributed by atoms with Gasteiger partial charge in [-0.05, 0) is 43.2 Å². The van der Waals surface area contributed by atoms with Gasteiger partial charge in [-0.15, -0.1) is 0 Å². The summed E-state index contributed by atoms with van der Waals surface area (Å²) >= 11 is 0. The second-order valence-corrected chi connectivity index (χ2v) is 4.46. The lowest BCUT2D eigenvalue weighted by molar-refractivity contribution is -0.136. The number of aliphatic carboxylic acids is 1. The Morgan fingerprint density at radius 1 is 1.32 bits per heavy atom. The Balaban J connectivity index is 1.93. The predicted octanol–water partition coefficient (Wildman–Crippen LogP) is 3.22. The molecule has 2 aromatic rings. The van der Waals surface area contributed by atoms with Crippen molar-refractivity contribution in [3.05, 3.63) is 53.5 Å². The molecule has 19 heavy (non-hydrogen) atoms. The highest BCUT2D eigenvalue weighted by molar-refractivity contribution is 5.67. The van der Waals surface area contributed by atoms with Crippen molar-refractivity contribution in [3.8, 4) is 0 Å². The number of carboxylic acids is 1. The molecule has 0 atom stereocenters. The fourth-order valence-corrected chi connectivity index (χ4v) is 1.86. The molecule has 4 heteroatoms. The van der Waals surface area contributed by atoms with E-state index in [1.54, 1.807) is 0 Å². The first-order chi connectivity index (χ1) is 9.13. The van der Waals surface area contributed by atoms with Crippen LogP contribution in [0, 0.1) is 6.92 Å². The molecule has 100 valence electrons. The van der Waals surface area contributed by atoms with Gasteiger partial charge in [-0.25, -0.2) is 0 Å². The minimum atomic E-state index is -0.774. The molecule has 0 bridgehead atoms. The number of hydrogen-bond donors (Lipinski definition) is 2. The van der Waals surface area contributed by atoms with Gasteiger partial charge < -0.3 is 14.8 Å². The van der Waals surface area contributed by atoms with Crippen LogP contribution in [0.5, 0.6) is 0 Å². The second kappa shape index (κ2) is 6.09. The fraction of sp³-hybridized carbons (Fsp3) is 0.267. The summed E-state index contributed by atoms with van der Waals surface area (Å²) in [5, 5.41) is 11.9. The van der Waals surface area contributed by atoms with Crippen molar-refractivity contribution in [2.24, 2.45) is 0 Å². The van der Waals surface area contributed by atoms with Crippen LogP contribution in [0.2, 0.25) is 0 Å². The number of anilines is 1. The maximum atomic E-state index is 10.5. The average Bonchev–Trinajstić information content (AvgIpc) is 2.80. The Morgan fingerprint density at radius 3 is 2.84 bits per heavy atom. The molecule has 0 saturated carbocycles. The maximum absolute atomic E-state index is 10.5. The molecule has 0 radical (unpaired) electrons. The van der Waals surface area contributed by atoms with Gasteiger partial charge in [-0.1, -0.05) is 12.1 Å². The lowest BCUT2D eigenvalue weighted by atomic mass is 10.1. The number of aryl methyl sites for hydroxylation is 2. The van der Waals surface area contributed by atoms with Crippen LogP contribution in [-0.2, 0) is 17.8 Å². The molecule has 0 aliphatic carbocycles. The van der Waals surface area contributed by atoms with Crippen molar-refractivity contribution < 1.29 is 14.3 Å². The predicted molar refractivity (Wildman–Crippen MR) is 73.2 cm³/mol. The van der Waals surface area contributed by atoms with Crippen molar-refractivity contribution in [3.63, 3.8) is 0 Å². The topological polar surface area (TPSA) is 62.5 Å². The Morgan fingerprint density at radius 2 is 2.16 bits per heavy atom. The summed E-state index contributed by atoms with van der Waals surface area (Å²) in [5.74, 6) is 1.00. The SMILES string of the molecule is Cc1ccc(CNc2cccc(CCC(=O)O)c2)o1. The molecule has 2 rings (SSSR count). The molecular weight excluding hydrogens is 242 g/mol. The van der Waals surface area contributed by atoms with E-state index in [0.717, 1.165) is 22.8 Å². The van der Waals surface area contributed by atoms with Crippen molar-refractivity contribution in [2.45, 2.75) is 26.3 Å². The summed E-state index contributed by atoms with van der Waals surface area (Å²) in [6.45, 7) is 2.53. The number of nitrogens with one attached hydrogen (secondary N) is 1. The Labute approximate surface area is 112 Å². The highest BCUT2D eigenvalue weighted by atomic mass is 16.4. The largest absolute Gasteiger partial charge is 0.481 e. The lowest BCUT2D eigenvalue weighted by Gasteiger charge is -2.06. The third kappa shape index (κ3) is 4.17. The van der Waals surface area contributed by atoms with Gasteiger partial charge in [0, 0.05) is 12.1 Å².